The number of aromatic nitrogens is 2. The highest BCUT2D eigenvalue weighted by atomic mass is 32.1. The SMILES string of the molecule is CCN1CCCC1C.Fc1cc2scnc2c(F)c1Nc1ccnc2sccc12. The van der Waals surface area contributed by atoms with Gasteiger partial charge < -0.3 is 10.2 Å². The smallest absolute Gasteiger partial charge is 0.176 e. The average Bonchev–Trinajstić information content (AvgIpc) is 3.45. The monoisotopic (exact) mass is 432 g/mol. The van der Waals surface area contributed by atoms with Crippen molar-refractivity contribution in [2.24, 2.45) is 0 Å². The summed E-state index contributed by atoms with van der Waals surface area (Å²) in [4.78, 5) is 11.5. The largest absolute Gasteiger partial charge is 0.350 e. The van der Waals surface area contributed by atoms with Crippen LogP contribution < -0.4 is 5.32 Å². The molecule has 4 aromatic rings. The third-order valence-electron chi connectivity index (χ3n) is 5.24. The molecule has 29 heavy (non-hydrogen) atoms. The van der Waals surface area contributed by atoms with E-state index in [1.807, 2.05) is 11.4 Å². The van der Waals surface area contributed by atoms with E-state index in [9.17, 15) is 8.78 Å². The van der Waals surface area contributed by atoms with Crippen LogP contribution in [0, 0.1) is 11.6 Å². The maximum atomic E-state index is 14.4. The van der Waals surface area contributed by atoms with Gasteiger partial charge in [0.15, 0.2) is 11.6 Å². The number of thiophene rings is 1. The Morgan fingerprint density at radius 3 is 2.83 bits per heavy atom. The standard InChI is InChI=1S/C14H7F2N3S2.C7H15N/c15-8-5-10-13(18-6-21-10)11(16)12(8)19-9-1-3-17-14-7(9)2-4-20-14;1-3-8-6-4-5-7(8)2/h1-6H,(H,17,19);7H,3-6H2,1-2H3. The maximum absolute atomic E-state index is 14.4. The molecule has 0 aliphatic carbocycles. The molecule has 1 atom stereocenters. The first-order valence-electron chi connectivity index (χ1n) is 9.63. The first-order chi connectivity index (χ1) is 14.1. The number of fused-ring (bicyclic) bond motifs is 2. The number of nitrogens with zero attached hydrogens (tertiary/aromatic N) is 3. The lowest BCUT2D eigenvalue weighted by atomic mass is 10.2. The van der Waals surface area contributed by atoms with Crippen molar-refractivity contribution in [3.63, 3.8) is 0 Å². The van der Waals surface area contributed by atoms with Crippen molar-refractivity contribution in [3.05, 3.63) is 46.9 Å². The second kappa shape index (κ2) is 8.69. The molecule has 1 aliphatic heterocycles. The molecular formula is C21H22F2N4S2. The van der Waals surface area contributed by atoms with Crippen molar-refractivity contribution < 1.29 is 8.78 Å². The minimum atomic E-state index is -0.675. The van der Waals surface area contributed by atoms with E-state index in [0.29, 0.717) is 10.4 Å². The summed E-state index contributed by atoms with van der Waals surface area (Å²) >= 11 is 2.68. The first-order valence-corrected chi connectivity index (χ1v) is 11.4. The number of hydrogen-bond acceptors (Lipinski definition) is 6. The molecule has 1 aliphatic rings. The van der Waals surface area contributed by atoms with Crippen LogP contribution >= 0.6 is 22.7 Å². The summed E-state index contributed by atoms with van der Waals surface area (Å²) in [6.45, 7) is 7.12. The van der Waals surface area contributed by atoms with Crippen molar-refractivity contribution in [3.8, 4) is 0 Å². The van der Waals surface area contributed by atoms with Gasteiger partial charge in [-0.15, -0.1) is 22.7 Å². The molecule has 4 nitrogen and oxygen atoms in total. The van der Waals surface area contributed by atoms with E-state index < -0.39 is 11.6 Å². The molecule has 4 heterocycles. The normalized spacial score (nSPS) is 16.9. The fourth-order valence-electron chi connectivity index (χ4n) is 3.63. The number of thiazole rings is 1. The molecule has 1 fully saturated rings. The van der Waals surface area contributed by atoms with E-state index in [1.54, 1.807) is 12.3 Å². The highest BCUT2D eigenvalue weighted by Crippen LogP contribution is 2.34. The van der Waals surface area contributed by atoms with Gasteiger partial charge in [0.25, 0.3) is 0 Å². The molecule has 3 aromatic heterocycles. The van der Waals surface area contributed by atoms with Crippen LogP contribution in [0.2, 0.25) is 0 Å². The predicted molar refractivity (Wildman–Crippen MR) is 118 cm³/mol. The number of hydrogen-bond donors (Lipinski definition) is 1. The molecule has 1 N–H and O–H groups in total. The number of benzene rings is 1. The molecule has 1 aromatic carbocycles. The van der Waals surface area contributed by atoms with Gasteiger partial charge >= 0.3 is 0 Å². The Bertz CT molecular complexity index is 1120. The molecule has 0 radical (unpaired) electrons. The van der Waals surface area contributed by atoms with Crippen molar-refractivity contribution in [2.75, 3.05) is 18.4 Å². The molecule has 152 valence electrons. The molecule has 8 heteroatoms. The fourth-order valence-corrected chi connectivity index (χ4v) is 5.09. The Kier molecular flexibility index (Phi) is 6.03. The fraction of sp³-hybridized carbons (Fsp3) is 0.333. The summed E-state index contributed by atoms with van der Waals surface area (Å²) in [6.07, 6.45) is 4.43. The molecule has 0 bridgehead atoms. The Hall–Kier alpha value is -2.16. The lowest BCUT2D eigenvalue weighted by Crippen LogP contribution is -2.25. The summed E-state index contributed by atoms with van der Waals surface area (Å²) in [5.41, 5.74) is 2.11. The third-order valence-corrected chi connectivity index (χ3v) is 6.84. The Morgan fingerprint density at radius 2 is 2.10 bits per heavy atom. The van der Waals surface area contributed by atoms with Gasteiger partial charge in [0.05, 0.1) is 15.9 Å². The van der Waals surface area contributed by atoms with E-state index in [1.165, 1.54) is 60.2 Å². The number of nitrogens with one attached hydrogen (secondary N) is 1. The topological polar surface area (TPSA) is 41.1 Å². The number of anilines is 2. The van der Waals surface area contributed by atoms with Crippen LogP contribution in [0.25, 0.3) is 20.4 Å². The highest BCUT2D eigenvalue weighted by molar-refractivity contribution is 7.17. The van der Waals surface area contributed by atoms with Crippen molar-refractivity contribution in [2.45, 2.75) is 32.7 Å². The van der Waals surface area contributed by atoms with E-state index >= 15 is 0 Å². The van der Waals surface area contributed by atoms with E-state index in [2.05, 4.69) is 34.0 Å². The number of rotatable bonds is 3. The summed E-state index contributed by atoms with van der Waals surface area (Å²) in [5.74, 6) is -1.31. The van der Waals surface area contributed by atoms with Gasteiger partial charge in [0.1, 0.15) is 16.0 Å². The van der Waals surface area contributed by atoms with Crippen LogP contribution in [0.3, 0.4) is 0 Å². The lowest BCUT2D eigenvalue weighted by molar-refractivity contribution is 0.284. The van der Waals surface area contributed by atoms with Gasteiger partial charge in [-0.3, -0.25) is 0 Å². The zero-order valence-corrected chi connectivity index (χ0v) is 17.9. The van der Waals surface area contributed by atoms with Crippen molar-refractivity contribution in [1.82, 2.24) is 14.9 Å². The highest BCUT2D eigenvalue weighted by Gasteiger charge is 2.18. The van der Waals surface area contributed by atoms with Crippen LogP contribution in [0.5, 0.6) is 0 Å². The molecule has 0 amide bonds. The van der Waals surface area contributed by atoms with Crippen molar-refractivity contribution >= 4 is 54.5 Å². The maximum Gasteiger partial charge on any atom is 0.176 e. The molecule has 0 spiro atoms. The minimum absolute atomic E-state index is 0.180. The Morgan fingerprint density at radius 1 is 1.24 bits per heavy atom. The van der Waals surface area contributed by atoms with Gasteiger partial charge in [-0.2, -0.15) is 0 Å². The summed E-state index contributed by atoms with van der Waals surface area (Å²) in [6, 6.07) is 5.72. The number of pyridine rings is 1. The van der Waals surface area contributed by atoms with Crippen LogP contribution in [0.1, 0.15) is 26.7 Å². The molecule has 0 saturated carbocycles. The second-order valence-corrected chi connectivity index (χ2v) is 8.77. The predicted octanol–water partition coefficient (Wildman–Crippen LogP) is 6.42. The second-order valence-electron chi connectivity index (χ2n) is 6.99. The Balaban J connectivity index is 0.000000216. The number of likely N-dealkylation sites (tertiary alicyclic amines) is 1. The van der Waals surface area contributed by atoms with Crippen LogP contribution in [-0.2, 0) is 0 Å². The van der Waals surface area contributed by atoms with E-state index in [4.69, 9.17) is 0 Å². The molecular weight excluding hydrogens is 410 g/mol. The van der Waals surface area contributed by atoms with E-state index in [0.717, 1.165) is 16.3 Å². The van der Waals surface area contributed by atoms with Gasteiger partial charge in [0, 0.05) is 17.6 Å². The summed E-state index contributed by atoms with van der Waals surface area (Å²) < 4.78 is 29.0. The van der Waals surface area contributed by atoms with Crippen molar-refractivity contribution in [1.29, 1.82) is 0 Å². The molecule has 5 rings (SSSR count). The van der Waals surface area contributed by atoms with Crippen LogP contribution in [0.15, 0.2) is 35.3 Å². The van der Waals surface area contributed by atoms with Crippen LogP contribution in [0.4, 0.5) is 20.2 Å². The zero-order valence-electron chi connectivity index (χ0n) is 16.3. The zero-order chi connectivity index (χ0) is 20.4. The molecule has 1 saturated heterocycles. The molecule has 1 unspecified atom stereocenters. The first kappa shape index (κ1) is 20.1. The van der Waals surface area contributed by atoms with Gasteiger partial charge in [0.2, 0.25) is 0 Å². The average molecular weight is 433 g/mol. The summed E-state index contributed by atoms with van der Waals surface area (Å²) in [5, 5.41) is 5.55. The quantitative estimate of drug-likeness (QED) is 0.406. The van der Waals surface area contributed by atoms with Crippen LogP contribution in [-0.4, -0.2) is 34.0 Å². The van der Waals surface area contributed by atoms with Gasteiger partial charge in [-0.25, -0.2) is 18.7 Å². The van der Waals surface area contributed by atoms with Gasteiger partial charge in [-0.1, -0.05) is 6.92 Å². The Labute approximate surface area is 176 Å². The minimum Gasteiger partial charge on any atom is -0.350 e. The number of halogens is 2. The summed E-state index contributed by atoms with van der Waals surface area (Å²) in [7, 11) is 0. The van der Waals surface area contributed by atoms with Gasteiger partial charge in [-0.05, 0) is 56.4 Å². The lowest BCUT2D eigenvalue weighted by Gasteiger charge is -2.17. The van der Waals surface area contributed by atoms with E-state index in [-0.39, 0.29) is 11.2 Å². The third kappa shape index (κ3) is 4.10.